The van der Waals surface area contributed by atoms with Crippen molar-refractivity contribution in [1.29, 1.82) is 0 Å². The van der Waals surface area contributed by atoms with E-state index in [1.54, 1.807) is 13.3 Å². The number of halogens is 1. The number of thiazole rings is 1. The van der Waals surface area contributed by atoms with Gasteiger partial charge in [0.1, 0.15) is 22.2 Å². The third-order valence-corrected chi connectivity index (χ3v) is 6.34. The molecule has 2 N–H and O–H groups in total. The van der Waals surface area contributed by atoms with Crippen LogP contribution in [0.3, 0.4) is 0 Å². The number of nitrogen functional groups attached to an aromatic ring is 1. The number of piperidine rings is 1. The molecule has 27 heavy (non-hydrogen) atoms. The third-order valence-electron chi connectivity index (χ3n) is 4.71. The van der Waals surface area contributed by atoms with Gasteiger partial charge >= 0.3 is 0 Å². The molecule has 1 saturated heterocycles. The number of ether oxygens (including phenoxy) is 1. The minimum Gasteiger partial charge on any atom is -0.398 e. The Kier molecular flexibility index (Phi) is 5.38. The maximum Gasteiger partial charge on any atom is 0.141 e. The molecule has 1 aliphatic heterocycles. The molecule has 0 bridgehead atoms. The first kappa shape index (κ1) is 18.3. The zero-order chi connectivity index (χ0) is 18.8. The third kappa shape index (κ3) is 3.83. The Labute approximate surface area is 170 Å². The summed E-state index contributed by atoms with van der Waals surface area (Å²) in [6, 6.07) is 7.86. The van der Waals surface area contributed by atoms with Gasteiger partial charge in [-0.2, -0.15) is 0 Å². The van der Waals surface area contributed by atoms with Gasteiger partial charge in [-0.25, -0.2) is 15.0 Å². The second-order valence-electron chi connectivity index (χ2n) is 6.40. The van der Waals surface area contributed by atoms with Crippen LogP contribution in [-0.2, 0) is 4.74 Å². The molecular formula is C19H20BrN5OS. The fourth-order valence-electron chi connectivity index (χ4n) is 3.23. The van der Waals surface area contributed by atoms with Crippen LogP contribution in [-0.4, -0.2) is 41.3 Å². The Bertz CT molecular complexity index is 926. The highest BCUT2D eigenvalue weighted by molar-refractivity contribution is 9.10. The fourth-order valence-corrected chi connectivity index (χ4v) is 4.23. The molecule has 4 rings (SSSR count). The number of aromatic nitrogens is 3. The van der Waals surface area contributed by atoms with Gasteiger partial charge in [0.15, 0.2) is 0 Å². The van der Waals surface area contributed by atoms with Crippen LogP contribution in [0.15, 0.2) is 40.3 Å². The van der Waals surface area contributed by atoms with Crippen LogP contribution >= 0.6 is 27.3 Å². The summed E-state index contributed by atoms with van der Waals surface area (Å²) in [5.74, 6) is 0.953. The SMILES string of the molecule is COC1CCN(c2cccc(-c3nc(-c4nccs4)cc(N)c3Br)n2)CC1. The average molecular weight is 446 g/mol. The second-order valence-corrected chi connectivity index (χ2v) is 8.09. The summed E-state index contributed by atoms with van der Waals surface area (Å²) in [7, 11) is 1.78. The average Bonchev–Trinajstić information content (AvgIpc) is 3.25. The van der Waals surface area contributed by atoms with E-state index in [9.17, 15) is 0 Å². The highest BCUT2D eigenvalue weighted by atomic mass is 79.9. The first-order valence-electron chi connectivity index (χ1n) is 8.76. The lowest BCUT2D eigenvalue weighted by atomic mass is 10.1. The number of hydrogen-bond acceptors (Lipinski definition) is 7. The van der Waals surface area contributed by atoms with Gasteiger partial charge in [0.05, 0.1) is 22.0 Å². The van der Waals surface area contributed by atoms with Crippen LogP contribution < -0.4 is 10.6 Å². The van der Waals surface area contributed by atoms with E-state index in [1.807, 2.05) is 29.6 Å². The Hall–Kier alpha value is -2.03. The van der Waals surface area contributed by atoms with Gasteiger partial charge in [0, 0.05) is 31.8 Å². The molecular weight excluding hydrogens is 426 g/mol. The van der Waals surface area contributed by atoms with Crippen molar-refractivity contribution in [3.8, 4) is 22.1 Å². The van der Waals surface area contributed by atoms with Crippen molar-refractivity contribution < 1.29 is 4.74 Å². The molecule has 3 aromatic heterocycles. The van der Waals surface area contributed by atoms with Crippen LogP contribution in [0.2, 0.25) is 0 Å². The quantitative estimate of drug-likeness (QED) is 0.647. The number of rotatable bonds is 4. The van der Waals surface area contributed by atoms with Crippen LogP contribution in [0.5, 0.6) is 0 Å². The van der Waals surface area contributed by atoms with E-state index in [0.717, 1.165) is 58.3 Å². The molecule has 0 spiro atoms. The van der Waals surface area contributed by atoms with Crippen molar-refractivity contribution in [2.24, 2.45) is 0 Å². The fraction of sp³-hybridized carbons (Fsp3) is 0.316. The van der Waals surface area contributed by atoms with Crippen molar-refractivity contribution in [1.82, 2.24) is 15.0 Å². The van der Waals surface area contributed by atoms with Crippen molar-refractivity contribution in [3.05, 3.63) is 40.3 Å². The molecule has 0 aromatic carbocycles. The zero-order valence-corrected chi connectivity index (χ0v) is 17.3. The van der Waals surface area contributed by atoms with Crippen LogP contribution in [0.1, 0.15) is 12.8 Å². The molecule has 4 heterocycles. The van der Waals surface area contributed by atoms with E-state index >= 15 is 0 Å². The summed E-state index contributed by atoms with van der Waals surface area (Å²) < 4.78 is 6.22. The van der Waals surface area contributed by atoms with Gasteiger partial charge in [0.25, 0.3) is 0 Å². The van der Waals surface area contributed by atoms with E-state index in [-0.39, 0.29) is 0 Å². The molecule has 0 atom stereocenters. The van der Waals surface area contributed by atoms with Crippen LogP contribution in [0, 0.1) is 0 Å². The van der Waals surface area contributed by atoms with Gasteiger partial charge in [-0.1, -0.05) is 6.07 Å². The first-order valence-corrected chi connectivity index (χ1v) is 10.4. The number of pyridine rings is 2. The highest BCUT2D eigenvalue weighted by Gasteiger charge is 2.21. The molecule has 0 radical (unpaired) electrons. The van der Waals surface area contributed by atoms with Crippen LogP contribution in [0.4, 0.5) is 11.5 Å². The van der Waals surface area contributed by atoms with Crippen molar-refractivity contribution in [2.45, 2.75) is 18.9 Å². The summed E-state index contributed by atoms with van der Waals surface area (Å²) in [6.45, 7) is 1.87. The zero-order valence-electron chi connectivity index (χ0n) is 14.9. The summed E-state index contributed by atoms with van der Waals surface area (Å²) >= 11 is 5.12. The Balaban J connectivity index is 1.68. The Morgan fingerprint density at radius 1 is 1.22 bits per heavy atom. The molecule has 140 valence electrons. The topological polar surface area (TPSA) is 77.2 Å². The van der Waals surface area contributed by atoms with Gasteiger partial charge < -0.3 is 15.4 Å². The number of nitrogens with two attached hydrogens (primary N) is 1. The standard InChI is InChI=1S/C19H20BrN5OS/c1-26-12-5-8-25(9-6-12)16-4-2-3-14(23-16)18-17(20)13(21)11-15(24-18)19-22-7-10-27-19/h2-4,7,10-12H,5-6,8-9H2,1H3,(H2,21,24). The van der Waals surface area contributed by atoms with Crippen LogP contribution in [0.25, 0.3) is 22.1 Å². The predicted octanol–water partition coefficient (Wildman–Crippen LogP) is 4.23. The van der Waals surface area contributed by atoms with Crippen molar-refractivity contribution in [3.63, 3.8) is 0 Å². The summed E-state index contributed by atoms with van der Waals surface area (Å²) in [5.41, 5.74) is 9.12. The van der Waals surface area contributed by atoms with E-state index in [1.165, 1.54) is 11.3 Å². The molecule has 0 aliphatic carbocycles. The smallest absolute Gasteiger partial charge is 0.141 e. The lowest BCUT2D eigenvalue weighted by Crippen LogP contribution is -2.37. The van der Waals surface area contributed by atoms with Gasteiger partial charge in [0.2, 0.25) is 0 Å². The number of methoxy groups -OCH3 is 1. The maximum atomic E-state index is 6.21. The molecule has 0 unspecified atom stereocenters. The van der Waals surface area contributed by atoms with Gasteiger partial charge in [-0.15, -0.1) is 11.3 Å². The lowest BCUT2D eigenvalue weighted by molar-refractivity contribution is 0.0818. The monoisotopic (exact) mass is 445 g/mol. The summed E-state index contributed by atoms with van der Waals surface area (Å²) in [6.07, 6.45) is 4.13. The minimum absolute atomic E-state index is 0.343. The first-order chi connectivity index (χ1) is 13.2. The molecule has 0 amide bonds. The number of anilines is 2. The molecule has 1 aliphatic rings. The minimum atomic E-state index is 0.343. The highest BCUT2D eigenvalue weighted by Crippen LogP contribution is 2.35. The number of nitrogens with zero attached hydrogens (tertiary/aromatic N) is 4. The predicted molar refractivity (Wildman–Crippen MR) is 113 cm³/mol. The molecule has 8 heteroatoms. The lowest BCUT2D eigenvalue weighted by Gasteiger charge is -2.32. The van der Waals surface area contributed by atoms with Crippen molar-refractivity contribution in [2.75, 3.05) is 30.8 Å². The normalized spacial score (nSPS) is 15.3. The van der Waals surface area contributed by atoms with E-state index in [0.29, 0.717) is 11.8 Å². The molecule has 6 nitrogen and oxygen atoms in total. The van der Waals surface area contributed by atoms with Gasteiger partial charge in [-0.05, 0) is 47.0 Å². The Morgan fingerprint density at radius 3 is 2.74 bits per heavy atom. The molecule has 3 aromatic rings. The second kappa shape index (κ2) is 7.92. The van der Waals surface area contributed by atoms with E-state index in [4.69, 9.17) is 20.4 Å². The largest absolute Gasteiger partial charge is 0.398 e. The summed E-state index contributed by atoms with van der Waals surface area (Å²) in [4.78, 5) is 16.3. The molecule has 1 fully saturated rings. The van der Waals surface area contributed by atoms with E-state index in [2.05, 4.69) is 25.8 Å². The van der Waals surface area contributed by atoms with Crippen molar-refractivity contribution >= 4 is 38.8 Å². The summed E-state index contributed by atoms with van der Waals surface area (Å²) in [5, 5.41) is 2.77. The van der Waals surface area contributed by atoms with E-state index < -0.39 is 0 Å². The van der Waals surface area contributed by atoms with Gasteiger partial charge in [-0.3, -0.25) is 0 Å². The maximum absolute atomic E-state index is 6.21. The Morgan fingerprint density at radius 2 is 2.04 bits per heavy atom. The molecule has 0 saturated carbocycles. The number of hydrogen-bond donors (Lipinski definition) is 1.